The summed E-state index contributed by atoms with van der Waals surface area (Å²) < 4.78 is 0. The van der Waals surface area contributed by atoms with Gasteiger partial charge < -0.3 is 15.9 Å². The average Bonchev–Trinajstić information content (AvgIpc) is 2.75. The largest absolute Gasteiger partial charge is 0.508 e. The molecule has 4 N–H and O–H groups in total. The minimum absolute atomic E-state index is 0.0575. The van der Waals surface area contributed by atoms with Crippen molar-refractivity contribution in [1.29, 1.82) is 0 Å². The molecule has 1 unspecified atom stereocenters. The smallest absolute Gasteiger partial charge is 0.115 e. The van der Waals surface area contributed by atoms with Gasteiger partial charge in [0.1, 0.15) is 5.75 Å². The van der Waals surface area contributed by atoms with Gasteiger partial charge in [-0.2, -0.15) is 0 Å². The molecule has 5 atom stereocenters. The average molecular weight is 287 g/mol. The Morgan fingerprint density at radius 3 is 2.76 bits per heavy atom. The minimum atomic E-state index is -0.268. The molecule has 2 fully saturated rings. The van der Waals surface area contributed by atoms with Crippen molar-refractivity contribution >= 4 is 0 Å². The van der Waals surface area contributed by atoms with E-state index in [1.165, 1.54) is 11.1 Å². The molecule has 3 heteroatoms. The molecule has 0 spiro atoms. The zero-order valence-corrected chi connectivity index (χ0v) is 12.7. The monoisotopic (exact) mass is 287 g/mol. The molecule has 0 amide bonds. The first-order valence-corrected chi connectivity index (χ1v) is 8.24. The zero-order valence-electron chi connectivity index (χ0n) is 12.7. The lowest BCUT2D eigenvalue weighted by Crippen LogP contribution is -2.57. The van der Waals surface area contributed by atoms with E-state index in [0.29, 0.717) is 17.6 Å². The number of aryl methyl sites for hydroxylation is 1. The number of aliphatic hydroxyl groups is 1. The molecule has 2 saturated carbocycles. The van der Waals surface area contributed by atoms with Gasteiger partial charge in [-0.25, -0.2) is 0 Å². The van der Waals surface area contributed by atoms with Gasteiger partial charge in [0.15, 0.2) is 0 Å². The number of benzene rings is 1. The summed E-state index contributed by atoms with van der Waals surface area (Å²) in [7, 11) is 0. The second kappa shape index (κ2) is 4.23. The number of fused-ring (bicyclic) bond motifs is 5. The van der Waals surface area contributed by atoms with E-state index in [9.17, 15) is 10.2 Å². The summed E-state index contributed by atoms with van der Waals surface area (Å²) in [6.45, 7) is 2.27. The van der Waals surface area contributed by atoms with E-state index in [-0.39, 0.29) is 17.1 Å². The van der Waals surface area contributed by atoms with Gasteiger partial charge in [0, 0.05) is 5.54 Å². The summed E-state index contributed by atoms with van der Waals surface area (Å²) in [6, 6.07) is 5.69. The van der Waals surface area contributed by atoms with Crippen LogP contribution in [-0.4, -0.2) is 16.3 Å². The van der Waals surface area contributed by atoms with E-state index < -0.39 is 0 Å². The maximum absolute atomic E-state index is 10.4. The molecule has 3 aliphatic carbocycles. The maximum Gasteiger partial charge on any atom is 0.115 e. The second-order valence-electron chi connectivity index (χ2n) is 7.73. The third-order valence-electron chi connectivity index (χ3n) is 6.90. The highest BCUT2D eigenvalue weighted by Gasteiger charge is 2.58. The molecule has 3 nitrogen and oxygen atoms in total. The van der Waals surface area contributed by atoms with Crippen LogP contribution in [0.25, 0.3) is 0 Å². The molecule has 0 radical (unpaired) electrons. The first-order valence-electron chi connectivity index (χ1n) is 8.24. The van der Waals surface area contributed by atoms with Crippen LogP contribution < -0.4 is 5.73 Å². The first kappa shape index (κ1) is 13.6. The first-order chi connectivity index (χ1) is 9.95. The third-order valence-corrected chi connectivity index (χ3v) is 6.90. The maximum atomic E-state index is 10.4. The predicted octanol–water partition coefficient (Wildman–Crippen LogP) is 2.68. The summed E-state index contributed by atoms with van der Waals surface area (Å²) in [5, 5.41) is 20.1. The van der Waals surface area contributed by atoms with Crippen molar-refractivity contribution in [2.75, 3.05) is 0 Å². The zero-order chi connectivity index (χ0) is 14.8. The molecular formula is C18H25NO2. The fourth-order valence-electron chi connectivity index (χ4n) is 5.62. The van der Waals surface area contributed by atoms with Crippen LogP contribution in [0.1, 0.15) is 50.2 Å². The van der Waals surface area contributed by atoms with Crippen molar-refractivity contribution in [3.8, 4) is 5.75 Å². The minimum Gasteiger partial charge on any atom is -0.508 e. The number of nitrogens with two attached hydrogens (primary N) is 1. The normalized spacial score (nSPS) is 44.8. The standard InChI is InChI=1S/C18H25NO2/c1-17-8-9-18(19)13-5-3-12(20)10-11(13)2-4-15(18)14(17)6-7-16(17)21/h3,5,10,14-16,20-21H,2,4,6-9,19H2,1H3/t14?,15-,16-,17-,18-/m0/s1. The van der Waals surface area contributed by atoms with E-state index in [0.717, 1.165) is 38.5 Å². The van der Waals surface area contributed by atoms with Gasteiger partial charge >= 0.3 is 0 Å². The van der Waals surface area contributed by atoms with Gasteiger partial charge in [0.25, 0.3) is 0 Å². The Labute approximate surface area is 126 Å². The molecular weight excluding hydrogens is 262 g/mol. The van der Waals surface area contributed by atoms with Crippen molar-refractivity contribution in [3.63, 3.8) is 0 Å². The molecule has 0 saturated heterocycles. The fourth-order valence-corrected chi connectivity index (χ4v) is 5.62. The number of aromatic hydroxyl groups is 1. The van der Waals surface area contributed by atoms with Crippen LogP contribution in [0.2, 0.25) is 0 Å². The van der Waals surface area contributed by atoms with E-state index >= 15 is 0 Å². The van der Waals surface area contributed by atoms with Gasteiger partial charge in [-0.15, -0.1) is 0 Å². The Kier molecular flexibility index (Phi) is 2.74. The van der Waals surface area contributed by atoms with Gasteiger partial charge in [0.05, 0.1) is 6.10 Å². The molecule has 4 rings (SSSR count). The van der Waals surface area contributed by atoms with Crippen LogP contribution in [0.15, 0.2) is 18.2 Å². The van der Waals surface area contributed by atoms with Crippen LogP contribution in [0.5, 0.6) is 5.75 Å². The number of rotatable bonds is 0. The van der Waals surface area contributed by atoms with E-state index in [1.807, 2.05) is 12.1 Å². The highest BCUT2D eigenvalue weighted by atomic mass is 16.3. The Hall–Kier alpha value is -1.06. The number of hydrogen-bond donors (Lipinski definition) is 3. The number of aliphatic hydroxyl groups excluding tert-OH is 1. The number of phenolic OH excluding ortho intramolecular Hbond substituents is 1. The Bertz CT molecular complexity index is 587. The lowest BCUT2D eigenvalue weighted by atomic mass is 9.52. The fraction of sp³-hybridized carbons (Fsp3) is 0.667. The molecule has 3 aliphatic rings. The highest BCUT2D eigenvalue weighted by Crippen LogP contribution is 2.61. The number of phenols is 1. The highest BCUT2D eigenvalue weighted by molar-refractivity contribution is 5.42. The molecule has 1 aromatic rings. The van der Waals surface area contributed by atoms with Crippen LogP contribution in [0, 0.1) is 17.3 Å². The van der Waals surface area contributed by atoms with Crippen LogP contribution in [0.4, 0.5) is 0 Å². The quantitative estimate of drug-likeness (QED) is 0.687. The molecule has 0 aromatic heterocycles. The molecule has 21 heavy (non-hydrogen) atoms. The van der Waals surface area contributed by atoms with Crippen LogP contribution >= 0.6 is 0 Å². The van der Waals surface area contributed by atoms with Gasteiger partial charge in [0.2, 0.25) is 0 Å². The summed E-state index contributed by atoms with van der Waals surface area (Å²) in [6.07, 6.45) is 5.90. The van der Waals surface area contributed by atoms with Crippen LogP contribution in [-0.2, 0) is 12.0 Å². The predicted molar refractivity (Wildman–Crippen MR) is 81.9 cm³/mol. The van der Waals surface area contributed by atoms with E-state index in [1.54, 1.807) is 6.07 Å². The second-order valence-corrected chi connectivity index (χ2v) is 7.73. The molecule has 0 heterocycles. The molecule has 0 bridgehead atoms. The SMILES string of the molecule is C[C@]12CC[C@]3(N)c4ccc(O)cc4CC[C@H]3C1CC[C@@H]2O. The summed E-state index contributed by atoms with van der Waals surface area (Å²) >= 11 is 0. The van der Waals surface area contributed by atoms with Crippen molar-refractivity contribution in [2.24, 2.45) is 23.0 Å². The topological polar surface area (TPSA) is 66.5 Å². The van der Waals surface area contributed by atoms with Crippen LogP contribution in [0.3, 0.4) is 0 Å². The number of hydrogen-bond acceptors (Lipinski definition) is 3. The van der Waals surface area contributed by atoms with Crippen molar-refractivity contribution in [1.82, 2.24) is 0 Å². The molecule has 1 aromatic carbocycles. The lowest BCUT2D eigenvalue weighted by Gasteiger charge is -2.55. The third kappa shape index (κ3) is 1.68. The Morgan fingerprint density at radius 1 is 1.14 bits per heavy atom. The van der Waals surface area contributed by atoms with Crippen molar-refractivity contribution in [3.05, 3.63) is 29.3 Å². The summed E-state index contributed by atoms with van der Waals surface area (Å²) in [5.41, 5.74) is 9.17. The van der Waals surface area contributed by atoms with E-state index in [4.69, 9.17) is 5.73 Å². The Morgan fingerprint density at radius 2 is 1.95 bits per heavy atom. The Balaban J connectivity index is 1.78. The van der Waals surface area contributed by atoms with Crippen molar-refractivity contribution < 1.29 is 10.2 Å². The lowest BCUT2D eigenvalue weighted by molar-refractivity contribution is -0.0495. The van der Waals surface area contributed by atoms with Crippen molar-refractivity contribution in [2.45, 2.75) is 57.1 Å². The van der Waals surface area contributed by atoms with E-state index in [2.05, 4.69) is 6.92 Å². The van der Waals surface area contributed by atoms with Gasteiger partial charge in [-0.1, -0.05) is 13.0 Å². The molecule has 0 aliphatic heterocycles. The summed E-state index contributed by atoms with van der Waals surface area (Å²) in [4.78, 5) is 0. The molecule has 114 valence electrons. The van der Waals surface area contributed by atoms with Gasteiger partial charge in [-0.3, -0.25) is 0 Å². The van der Waals surface area contributed by atoms with Gasteiger partial charge in [-0.05, 0) is 79.0 Å². The summed E-state index contributed by atoms with van der Waals surface area (Å²) in [5.74, 6) is 1.34.